The maximum Gasteiger partial charge on any atom is 0.308 e. The van der Waals surface area contributed by atoms with Crippen LogP contribution in [0.25, 0.3) is 10.1 Å². The van der Waals surface area contributed by atoms with E-state index in [1.54, 1.807) is 0 Å². The number of thiophene rings is 1. The zero-order valence-electron chi connectivity index (χ0n) is 11.7. The summed E-state index contributed by atoms with van der Waals surface area (Å²) in [6, 6.07) is 10.9. The van der Waals surface area contributed by atoms with Crippen LogP contribution in [0.2, 0.25) is 0 Å². The Morgan fingerprint density at radius 2 is 2.15 bits per heavy atom. The predicted octanol–water partition coefficient (Wildman–Crippen LogP) is 3.61. The molecule has 0 bridgehead atoms. The van der Waals surface area contributed by atoms with E-state index in [9.17, 15) is 9.90 Å². The molecule has 3 rings (SSSR count). The molecule has 1 aromatic carbocycles. The monoisotopic (exact) mass is 289 g/mol. The minimum Gasteiger partial charge on any atom is -0.481 e. The molecule has 0 aliphatic carbocycles. The molecule has 0 spiro atoms. The van der Waals surface area contributed by atoms with Gasteiger partial charge in [-0.05, 0) is 30.4 Å². The smallest absolute Gasteiger partial charge is 0.308 e. The molecule has 0 amide bonds. The highest BCUT2D eigenvalue weighted by Crippen LogP contribution is 2.36. The van der Waals surface area contributed by atoms with E-state index in [1.807, 2.05) is 18.3 Å². The molecule has 106 valence electrons. The van der Waals surface area contributed by atoms with Crippen molar-refractivity contribution < 1.29 is 9.90 Å². The fourth-order valence-corrected chi connectivity index (χ4v) is 4.18. The molecule has 3 unspecified atom stereocenters. The van der Waals surface area contributed by atoms with Crippen molar-refractivity contribution in [2.75, 3.05) is 13.1 Å². The summed E-state index contributed by atoms with van der Waals surface area (Å²) in [6.45, 7) is 5.75. The van der Waals surface area contributed by atoms with E-state index >= 15 is 0 Å². The molecular weight excluding hydrogens is 270 g/mol. The van der Waals surface area contributed by atoms with Crippen molar-refractivity contribution in [3.05, 3.63) is 35.2 Å². The maximum atomic E-state index is 11.2. The molecular formula is C16H19NO2S. The molecule has 1 aromatic heterocycles. The van der Waals surface area contributed by atoms with Gasteiger partial charge in [0.05, 0.1) is 5.92 Å². The number of carbonyl (C=O) groups is 1. The van der Waals surface area contributed by atoms with E-state index < -0.39 is 5.97 Å². The molecule has 4 heteroatoms. The Balaban J connectivity index is 1.82. The molecule has 1 N–H and O–H groups in total. The van der Waals surface area contributed by atoms with Crippen molar-refractivity contribution in [2.45, 2.75) is 19.9 Å². The molecule has 2 aromatic rings. The first-order valence-electron chi connectivity index (χ1n) is 7.01. The largest absolute Gasteiger partial charge is 0.481 e. The summed E-state index contributed by atoms with van der Waals surface area (Å²) in [6.07, 6.45) is 0. The van der Waals surface area contributed by atoms with Gasteiger partial charge in [-0.2, -0.15) is 0 Å². The van der Waals surface area contributed by atoms with E-state index in [0.717, 1.165) is 6.54 Å². The molecule has 1 saturated heterocycles. The van der Waals surface area contributed by atoms with Gasteiger partial charge in [-0.1, -0.05) is 25.1 Å². The molecule has 1 aliphatic heterocycles. The number of carboxylic acids is 1. The van der Waals surface area contributed by atoms with Crippen molar-refractivity contribution in [1.82, 2.24) is 4.90 Å². The third-order valence-corrected chi connectivity index (χ3v) is 5.65. The summed E-state index contributed by atoms with van der Waals surface area (Å²) in [4.78, 5) is 14.9. The van der Waals surface area contributed by atoms with Crippen molar-refractivity contribution in [2.24, 2.45) is 11.8 Å². The lowest BCUT2D eigenvalue weighted by atomic mass is 9.99. The van der Waals surface area contributed by atoms with Crippen LogP contribution in [0.1, 0.15) is 24.8 Å². The van der Waals surface area contributed by atoms with Gasteiger partial charge in [-0.3, -0.25) is 9.69 Å². The zero-order valence-corrected chi connectivity index (χ0v) is 12.6. The maximum absolute atomic E-state index is 11.2. The van der Waals surface area contributed by atoms with Gasteiger partial charge in [-0.15, -0.1) is 11.3 Å². The average Bonchev–Trinajstić information content (AvgIpc) is 3.01. The van der Waals surface area contributed by atoms with Crippen molar-refractivity contribution >= 4 is 27.4 Å². The Bertz CT molecular complexity index is 603. The van der Waals surface area contributed by atoms with Crippen LogP contribution in [-0.2, 0) is 4.79 Å². The Morgan fingerprint density at radius 3 is 2.80 bits per heavy atom. The second kappa shape index (κ2) is 5.19. The third kappa shape index (κ3) is 2.34. The fraction of sp³-hybridized carbons (Fsp3) is 0.438. The summed E-state index contributed by atoms with van der Waals surface area (Å²) in [7, 11) is 0. The number of carboxylic acid groups (broad SMARTS) is 1. The van der Waals surface area contributed by atoms with Crippen LogP contribution < -0.4 is 0 Å². The first kappa shape index (κ1) is 13.6. The summed E-state index contributed by atoms with van der Waals surface area (Å²) in [5.74, 6) is -0.667. The van der Waals surface area contributed by atoms with E-state index in [-0.39, 0.29) is 11.8 Å². The molecule has 0 radical (unpaired) electrons. The number of hydrogen-bond donors (Lipinski definition) is 1. The van der Waals surface area contributed by atoms with Crippen LogP contribution in [0.3, 0.4) is 0 Å². The number of hydrogen-bond acceptors (Lipinski definition) is 3. The number of benzene rings is 1. The van der Waals surface area contributed by atoms with Crippen molar-refractivity contribution in [3.8, 4) is 0 Å². The van der Waals surface area contributed by atoms with E-state index in [2.05, 4.69) is 42.2 Å². The standard InChI is InChI=1S/C16H19NO2S/c1-10-8-17(9-13(10)16(18)19)11(2)15-7-12-5-3-4-6-14(12)20-15/h3-7,10-11,13H,8-9H2,1-2H3,(H,18,19). The van der Waals surface area contributed by atoms with Gasteiger partial charge in [-0.25, -0.2) is 0 Å². The highest BCUT2D eigenvalue weighted by molar-refractivity contribution is 7.19. The van der Waals surface area contributed by atoms with Crippen LogP contribution >= 0.6 is 11.3 Å². The van der Waals surface area contributed by atoms with Gasteiger partial charge in [0.25, 0.3) is 0 Å². The average molecular weight is 289 g/mol. The van der Waals surface area contributed by atoms with Gasteiger partial charge in [0.2, 0.25) is 0 Å². The minimum atomic E-state index is -0.663. The Hall–Kier alpha value is -1.39. The first-order chi connectivity index (χ1) is 9.56. The Kier molecular flexibility index (Phi) is 3.52. The van der Waals surface area contributed by atoms with Gasteiger partial charge < -0.3 is 5.11 Å². The van der Waals surface area contributed by atoms with E-state index in [4.69, 9.17) is 0 Å². The highest BCUT2D eigenvalue weighted by Gasteiger charge is 2.37. The molecule has 3 atom stereocenters. The minimum absolute atomic E-state index is 0.226. The Morgan fingerprint density at radius 1 is 1.40 bits per heavy atom. The van der Waals surface area contributed by atoms with E-state index in [1.165, 1.54) is 15.0 Å². The SMILES string of the molecule is CC1CN(C(C)c2cc3ccccc3s2)CC1C(=O)O. The summed E-state index contributed by atoms with van der Waals surface area (Å²) in [5.41, 5.74) is 0. The van der Waals surface area contributed by atoms with Crippen LogP contribution in [0, 0.1) is 11.8 Å². The van der Waals surface area contributed by atoms with Crippen molar-refractivity contribution in [1.29, 1.82) is 0 Å². The highest BCUT2D eigenvalue weighted by atomic mass is 32.1. The lowest BCUT2D eigenvalue weighted by molar-refractivity contribution is -0.142. The first-order valence-corrected chi connectivity index (χ1v) is 7.83. The second-order valence-electron chi connectivity index (χ2n) is 5.74. The van der Waals surface area contributed by atoms with Gasteiger partial charge in [0, 0.05) is 28.7 Å². The number of nitrogens with zero attached hydrogens (tertiary/aromatic N) is 1. The third-order valence-electron chi connectivity index (χ3n) is 4.36. The molecule has 3 nitrogen and oxygen atoms in total. The van der Waals surface area contributed by atoms with Crippen LogP contribution in [0.4, 0.5) is 0 Å². The second-order valence-corrected chi connectivity index (χ2v) is 6.85. The topological polar surface area (TPSA) is 40.5 Å². The van der Waals surface area contributed by atoms with Crippen LogP contribution in [0.15, 0.2) is 30.3 Å². The molecule has 1 fully saturated rings. The van der Waals surface area contributed by atoms with E-state index in [0.29, 0.717) is 12.6 Å². The van der Waals surface area contributed by atoms with Crippen molar-refractivity contribution in [3.63, 3.8) is 0 Å². The quantitative estimate of drug-likeness (QED) is 0.938. The predicted molar refractivity (Wildman–Crippen MR) is 82.1 cm³/mol. The molecule has 2 heterocycles. The Labute approximate surface area is 122 Å². The van der Waals surface area contributed by atoms with Gasteiger partial charge in [0.1, 0.15) is 0 Å². The number of rotatable bonds is 3. The summed E-state index contributed by atoms with van der Waals surface area (Å²) in [5, 5.41) is 10.5. The fourth-order valence-electron chi connectivity index (χ4n) is 3.03. The number of likely N-dealkylation sites (tertiary alicyclic amines) is 1. The number of aliphatic carboxylic acids is 1. The zero-order chi connectivity index (χ0) is 14.3. The molecule has 1 aliphatic rings. The van der Waals surface area contributed by atoms with Gasteiger partial charge >= 0.3 is 5.97 Å². The summed E-state index contributed by atoms with van der Waals surface area (Å²) < 4.78 is 1.30. The van der Waals surface area contributed by atoms with Crippen LogP contribution in [0.5, 0.6) is 0 Å². The molecule has 20 heavy (non-hydrogen) atoms. The lowest BCUT2D eigenvalue weighted by Gasteiger charge is -2.23. The number of fused-ring (bicyclic) bond motifs is 1. The normalized spacial score (nSPS) is 25.1. The van der Waals surface area contributed by atoms with Crippen LogP contribution in [-0.4, -0.2) is 29.1 Å². The lowest BCUT2D eigenvalue weighted by Crippen LogP contribution is -2.25. The van der Waals surface area contributed by atoms with Gasteiger partial charge in [0.15, 0.2) is 0 Å². The summed E-state index contributed by atoms with van der Waals surface area (Å²) >= 11 is 1.81. The molecule has 0 saturated carbocycles.